The molecule has 3 heterocycles. The Balaban J connectivity index is 1.50. The summed E-state index contributed by atoms with van der Waals surface area (Å²) in [6.07, 6.45) is 7.06. The van der Waals surface area contributed by atoms with E-state index in [0.717, 1.165) is 50.5 Å². The van der Waals surface area contributed by atoms with Crippen molar-refractivity contribution in [3.05, 3.63) is 47.5 Å². The van der Waals surface area contributed by atoms with Gasteiger partial charge in [-0.2, -0.15) is 0 Å². The third kappa shape index (κ3) is 3.38. The Bertz CT molecular complexity index is 768. The largest absolute Gasteiger partial charge is 0.487 e. The van der Waals surface area contributed by atoms with Gasteiger partial charge in [-0.05, 0) is 39.2 Å². The number of para-hydroxylation sites is 1. The number of benzene rings is 1. The van der Waals surface area contributed by atoms with Gasteiger partial charge >= 0.3 is 0 Å². The van der Waals surface area contributed by atoms with E-state index in [-0.39, 0.29) is 17.7 Å². The van der Waals surface area contributed by atoms with Crippen molar-refractivity contribution in [1.29, 1.82) is 0 Å². The molecule has 26 heavy (non-hydrogen) atoms. The SMILES string of the molecule is CCn1ccnc1[C@H]1OCCC[C@@H]1NCc1cccc2c1OC(C)(C)C2. The van der Waals surface area contributed by atoms with Gasteiger partial charge in [-0.15, -0.1) is 0 Å². The van der Waals surface area contributed by atoms with E-state index in [9.17, 15) is 0 Å². The van der Waals surface area contributed by atoms with Crippen LogP contribution in [0.5, 0.6) is 5.75 Å². The molecule has 0 bridgehead atoms. The molecule has 4 rings (SSSR count). The van der Waals surface area contributed by atoms with Crippen molar-refractivity contribution in [1.82, 2.24) is 14.9 Å². The Labute approximate surface area is 155 Å². The molecule has 2 atom stereocenters. The zero-order chi connectivity index (χ0) is 18.1. The molecular formula is C21H29N3O2. The fraction of sp³-hybridized carbons (Fsp3) is 0.571. The molecular weight excluding hydrogens is 326 g/mol. The van der Waals surface area contributed by atoms with Gasteiger partial charge in [-0.1, -0.05) is 18.2 Å². The number of hydrogen-bond acceptors (Lipinski definition) is 4. The van der Waals surface area contributed by atoms with Gasteiger partial charge in [0.15, 0.2) is 0 Å². The smallest absolute Gasteiger partial charge is 0.139 e. The highest BCUT2D eigenvalue weighted by molar-refractivity contribution is 5.45. The van der Waals surface area contributed by atoms with E-state index in [1.165, 1.54) is 11.1 Å². The zero-order valence-electron chi connectivity index (χ0n) is 16.0. The number of fused-ring (bicyclic) bond motifs is 1. The van der Waals surface area contributed by atoms with Gasteiger partial charge in [-0.25, -0.2) is 4.98 Å². The van der Waals surface area contributed by atoms with Crippen LogP contribution in [0.25, 0.3) is 0 Å². The lowest BCUT2D eigenvalue weighted by molar-refractivity contribution is -0.0183. The van der Waals surface area contributed by atoms with Crippen LogP contribution in [0.15, 0.2) is 30.6 Å². The standard InChI is InChI=1S/C21H29N3O2/c1-4-24-11-10-22-20(24)19-17(9-6-12-25-19)23-14-16-8-5-7-15-13-21(2,3)26-18(15)16/h5,7-8,10-11,17,19,23H,4,6,9,12-14H2,1-3H3/t17-,19-/m0/s1. The van der Waals surface area contributed by atoms with E-state index >= 15 is 0 Å². The molecule has 2 aromatic rings. The first-order valence-corrected chi connectivity index (χ1v) is 9.73. The molecule has 0 radical (unpaired) electrons. The minimum Gasteiger partial charge on any atom is -0.487 e. The van der Waals surface area contributed by atoms with E-state index in [4.69, 9.17) is 9.47 Å². The lowest BCUT2D eigenvalue weighted by Crippen LogP contribution is -2.40. The van der Waals surface area contributed by atoms with E-state index in [0.29, 0.717) is 0 Å². The van der Waals surface area contributed by atoms with Gasteiger partial charge in [0.1, 0.15) is 23.3 Å². The summed E-state index contributed by atoms with van der Waals surface area (Å²) < 4.78 is 14.5. The van der Waals surface area contributed by atoms with E-state index in [2.05, 4.69) is 53.8 Å². The summed E-state index contributed by atoms with van der Waals surface area (Å²) in [6.45, 7) is 8.95. The number of aryl methyl sites for hydroxylation is 1. The predicted molar refractivity (Wildman–Crippen MR) is 101 cm³/mol. The summed E-state index contributed by atoms with van der Waals surface area (Å²) >= 11 is 0. The van der Waals surface area contributed by atoms with Gasteiger partial charge in [0, 0.05) is 50.1 Å². The molecule has 1 fully saturated rings. The molecule has 0 spiro atoms. The average Bonchev–Trinajstić information content (AvgIpc) is 3.22. The molecule has 1 aromatic carbocycles. The average molecular weight is 355 g/mol. The molecule has 1 N–H and O–H groups in total. The first kappa shape index (κ1) is 17.6. The number of aromatic nitrogens is 2. The van der Waals surface area contributed by atoms with Crippen molar-refractivity contribution in [2.45, 2.75) is 70.9 Å². The van der Waals surface area contributed by atoms with Crippen LogP contribution in [0.2, 0.25) is 0 Å². The van der Waals surface area contributed by atoms with Gasteiger partial charge in [0.2, 0.25) is 0 Å². The van der Waals surface area contributed by atoms with Gasteiger partial charge in [0.25, 0.3) is 0 Å². The Morgan fingerprint density at radius 2 is 2.23 bits per heavy atom. The number of nitrogens with zero attached hydrogens (tertiary/aromatic N) is 2. The first-order chi connectivity index (χ1) is 12.6. The van der Waals surface area contributed by atoms with E-state index in [1.807, 2.05) is 12.4 Å². The zero-order valence-corrected chi connectivity index (χ0v) is 16.0. The quantitative estimate of drug-likeness (QED) is 0.890. The van der Waals surface area contributed by atoms with Crippen molar-refractivity contribution in [2.24, 2.45) is 0 Å². The summed E-state index contributed by atoms with van der Waals surface area (Å²) in [5, 5.41) is 3.73. The molecule has 0 unspecified atom stereocenters. The van der Waals surface area contributed by atoms with Crippen LogP contribution in [0.3, 0.4) is 0 Å². The predicted octanol–water partition coefficient (Wildman–Crippen LogP) is 3.63. The summed E-state index contributed by atoms with van der Waals surface area (Å²) in [5.41, 5.74) is 2.43. The second-order valence-electron chi connectivity index (χ2n) is 7.94. The maximum absolute atomic E-state index is 6.21. The van der Waals surface area contributed by atoms with E-state index in [1.54, 1.807) is 0 Å². The second kappa shape index (κ2) is 7.05. The Kier molecular flexibility index (Phi) is 4.76. The molecule has 0 saturated carbocycles. The van der Waals surface area contributed by atoms with Gasteiger partial charge in [-0.3, -0.25) is 0 Å². The van der Waals surface area contributed by atoms with Crippen molar-refractivity contribution >= 4 is 0 Å². The van der Waals surface area contributed by atoms with Gasteiger partial charge in [0.05, 0.1) is 0 Å². The molecule has 1 aromatic heterocycles. The highest BCUT2D eigenvalue weighted by atomic mass is 16.5. The van der Waals surface area contributed by atoms with Crippen molar-refractivity contribution in [2.75, 3.05) is 6.61 Å². The lowest BCUT2D eigenvalue weighted by atomic mass is 9.99. The number of imidazole rings is 1. The Morgan fingerprint density at radius 3 is 3.08 bits per heavy atom. The maximum atomic E-state index is 6.21. The number of ether oxygens (including phenoxy) is 2. The number of hydrogen-bond donors (Lipinski definition) is 1. The van der Waals surface area contributed by atoms with Crippen LogP contribution in [0, 0.1) is 0 Å². The lowest BCUT2D eigenvalue weighted by Gasteiger charge is -2.32. The normalized spacial score (nSPS) is 24.3. The van der Waals surface area contributed by atoms with E-state index < -0.39 is 0 Å². The van der Waals surface area contributed by atoms with Crippen LogP contribution >= 0.6 is 0 Å². The topological polar surface area (TPSA) is 48.3 Å². The molecule has 140 valence electrons. The third-order valence-corrected chi connectivity index (χ3v) is 5.39. The van der Waals surface area contributed by atoms with Crippen LogP contribution in [-0.2, 0) is 24.2 Å². The minimum atomic E-state index is -0.110. The molecule has 2 aliphatic rings. The molecule has 0 amide bonds. The monoisotopic (exact) mass is 355 g/mol. The fourth-order valence-electron chi connectivity index (χ4n) is 4.15. The number of nitrogens with one attached hydrogen (secondary N) is 1. The summed E-state index contributed by atoms with van der Waals surface area (Å²) in [4.78, 5) is 4.57. The van der Waals surface area contributed by atoms with Crippen LogP contribution in [0.1, 0.15) is 56.7 Å². The highest BCUT2D eigenvalue weighted by Crippen LogP contribution is 2.38. The first-order valence-electron chi connectivity index (χ1n) is 9.73. The van der Waals surface area contributed by atoms with Crippen molar-refractivity contribution in [3.8, 4) is 5.75 Å². The third-order valence-electron chi connectivity index (χ3n) is 5.39. The van der Waals surface area contributed by atoms with Crippen LogP contribution in [0.4, 0.5) is 0 Å². The molecule has 0 aliphatic carbocycles. The summed E-state index contributed by atoms with van der Waals surface area (Å²) in [6, 6.07) is 6.75. The highest BCUT2D eigenvalue weighted by Gasteiger charge is 2.33. The summed E-state index contributed by atoms with van der Waals surface area (Å²) in [5.74, 6) is 2.09. The van der Waals surface area contributed by atoms with Crippen molar-refractivity contribution in [3.63, 3.8) is 0 Å². The van der Waals surface area contributed by atoms with Crippen LogP contribution < -0.4 is 10.1 Å². The molecule has 1 saturated heterocycles. The maximum Gasteiger partial charge on any atom is 0.139 e. The second-order valence-corrected chi connectivity index (χ2v) is 7.94. The molecule has 5 heteroatoms. The van der Waals surface area contributed by atoms with Crippen LogP contribution in [-0.4, -0.2) is 27.8 Å². The molecule has 2 aliphatic heterocycles. The van der Waals surface area contributed by atoms with Gasteiger partial charge < -0.3 is 19.4 Å². The molecule has 5 nitrogen and oxygen atoms in total. The minimum absolute atomic E-state index is 0.00724. The Morgan fingerprint density at radius 1 is 1.35 bits per heavy atom. The Hall–Kier alpha value is -1.85. The van der Waals surface area contributed by atoms with Crippen molar-refractivity contribution < 1.29 is 9.47 Å². The number of rotatable bonds is 5. The summed E-state index contributed by atoms with van der Waals surface area (Å²) in [7, 11) is 0. The fourth-order valence-corrected chi connectivity index (χ4v) is 4.15.